The number of benzene rings is 2. The lowest BCUT2D eigenvalue weighted by molar-refractivity contribution is 0.277. The van der Waals surface area contributed by atoms with Gasteiger partial charge in [0.15, 0.2) is 0 Å². The van der Waals surface area contributed by atoms with E-state index in [-0.39, 0.29) is 11.5 Å². The number of aliphatic hydroxyl groups is 1. The Morgan fingerprint density at radius 2 is 1.65 bits per heavy atom. The standard InChI is InChI=1S/C19H21N3O3S/c1-14-3-5-15(6-4-14)18-13-22(11-2-12-23)21-19(18)16-7-9-17(10-8-16)26(20,24)25/h3-10,13,23H,2,11-12H2,1H3,(H2,20,24,25). The maximum absolute atomic E-state index is 11.5. The van der Waals surface area contributed by atoms with Gasteiger partial charge in [0.2, 0.25) is 10.0 Å². The fourth-order valence-electron chi connectivity index (χ4n) is 2.73. The quantitative estimate of drug-likeness (QED) is 0.696. The zero-order chi connectivity index (χ0) is 18.7. The summed E-state index contributed by atoms with van der Waals surface area (Å²) >= 11 is 0. The Hall–Kier alpha value is -2.48. The second kappa shape index (κ2) is 7.41. The maximum atomic E-state index is 11.5. The van der Waals surface area contributed by atoms with Crippen molar-refractivity contribution in [1.29, 1.82) is 0 Å². The van der Waals surface area contributed by atoms with E-state index in [1.54, 1.807) is 16.8 Å². The van der Waals surface area contributed by atoms with Crippen LogP contribution in [-0.4, -0.2) is 29.9 Å². The van der Waals surface area contributed by atoms with Crippen LogP contribution in [0, 0.1) is 6.92 Å². The van der Waals surface area contributed by atoms with Gasteiger partial charge < -0.3 is 5.11 Å². The summed E-state index contributed by atoms with van der Waals surface area (Å²) in [6.45, 7) is 2.73. The number of primary sulfonamides is 1. The van der Waals surface area contributed by atoms with Crippen molar-refractivity contribution in [3.8, 4) is 22.4 Å². The Morgan fingerprint density at radius 3 is 2.23 bits per heavy atom. The monoisotopic (exact) mass is 371 g/mol. The molecule has 1 aromatic heterocycles. The molecule has 3 N–H and O–H groups in total. The fraction of sp³-hybridized carbons (Fsp3) is 0.211. The number of sulfonamides is 1. The average molecular weight is 371 g/mol. The van der Waals surface area contributed by atoms with Crippen LogP contribution in [-0.2, 0) is 16.6 Å². The second-order valence-electron chi connectivity index (χ2n) is 6.17. The van der Waals surface area contributed by atoms with Gasteiger partial charge in [0.1, 0.15) is 5.69 Å². The third kappa shape index (κ3) is 4.01. The molecule has 3 aromatic rings. The summed E-state index contributed by atoms with van der Waals surface area (Å²) in [4.78, 5) is 0.0675. The van der Waals surface area contributed by atoms with Gasteiger partial charge in [-0.1, -0.05) is 42.0 Å². The first-order valence-corrected chi connectivity index (χ1v) is 9.82. The number of nitrogens with zero attached hydrogens (tertiary/aromatic N) is 2. The SMILES string of the molecule is Cc1ccc(-c2cn(CCCO)nc2-c2ccc(S(N)(=O)=O)cc2)cc1. The molecule has 0 aliphatic carbocycles. The molecule has 0 aliphatic rings. The van der Waals surface area contributed by atoms with Gasteiger partial charge in [-0.25, -0.2) is 13.6 Å². The van der Waals surface area contributed by atoms with Gasteiger partial charge in [-0.05, 0) is 31.0 Å². The molecule has 0 spiro atoms. The number of aryl methyl sites for hydroxylation is 2. The van der Waals surface area contributed by atoms with Gasteiger partial charge in [-0.15, -0.1) is 0 Å². The van der Waals surface area contributed by atoms with Gasteiger partial charge in [-0.3, -0.25) is 4.68 Å². The zero-order valence-corrected chi connectivity index (χ0v) is 15.3. The lowest BCUT2D eigenvalue weighted by Crippen LogP contribution is -2.11. The lowest BCUT2D eigenvalue weighted by atomic mass is 10.0. The number of hydrogen-bond acceptors (Lipinski definition) is 4. The van der Waals surface area contributed by atoms with E-state index in [1.807, 2.05) is 37.4 Å². The van der Waals surface area contributed by atoms with Gasteiger partial charge in [0.25, 0.3) is 0 Å². The first kappa shape index (κ1) is 18.3. The van der Waals surface area contributed by atoms with Gasteiger partial charge in [0.05, 0.1) is 4.90 Å². The number of aromatic nitrogens is 2. The highest BCUT2D eigenvalue weighted by Crippen LogP contribution is 2.31. The van der Waals surface area contributed by atoms with Crippen LogP contribution in [0.4, 0.5) is 0 Å². The topological polar surface area (TPSA) is 98.2 Å². The number of nitrogens with two attached hydrogens (primary N) is 1. The Morgan fingerprint density at radius 1 is 1.04 bits per heavy atom. The van der Waals surface area contributed by atoms with Crippen LogP contribution in [0.3, 0.4) is 0 Å². The predicted molar refractivity (Wildman–Crippen MR) is 101 cm³/mol. The Kier molecular flexibility index (Phi) is 5.22. The molecule has 0 bridgehead atoms. The molecule has 0 fully saturated rings. The van der Waals surface area contributed by atoms with Gasteiger partial charge in [-0.2, -0.15) is 5.10 Å². The van der Waals surface area contributed by atoms with Crippen LogP contribution in [0.15, 0.2) is 59.6 Å². The molecule has 0 saturated carbocycles. The highest BCUT2D eigenvalue weighted by Gasteiger charge is 2.15. The lowest BCUT2D eigenvalue weighted by Gasteiger charge is -2.05. The fourth-order valence-corrected chi connectivity index (χ4v) is 3.24. The summed E-state index contributed by atoms with van der Waals surface area (Å²) in [5.41, 5.74) is 4.70. The number of rotatable bonds is 6. The normalized spacial score (nSPS) is 11.7. The van der Waals surface area contributed by atoms with E-state index < -0.39 is 10.0 Å². The van der Waals surface area contributed by atoms with E-state index in [0.717, 1.165) is 22.4 Å². The first-order valence-electron chi connectivity index (χ1n) is 8.27. The Labute approximate surface area is 153 Å². The molecular weight excluding hydrogens is 350 g/mol. The largest absolute Gasteiger partial charge is 0.396 e. The van der Waals surface area contributed by atoms with Crippen molar-refractivity contribution in [3.63, 3.8) is 0 Å². The Balaban J connectivity index is 2.06. The van der Waals surface area contributed by atoms with Crippen LogP contribution in [0.25, 0.3) is 22.4 Å². The van der Waals surface area contributed by atoms with Crippen molar-refractivity contribution in [2.24, 2.45) is 5.14 Å². The van der Waals surface area contributed by atoms with Gasteiger partial charge >= 0.3 is 0 Å². The number of aliphatic hydroxyl groups excluding tert-OH is 1. The van der Waals surface area contributed by atoms with E-state index in [0.29, 0.717) is 13.0 Å². The van der Waals surface area contributed by atoms with E-state index in [9.17, 15) is 8.42 Å². The minimum absolute atomic E-state index is 0.0675. The molecule has 0 radical (unpaired) electrons. The highest BCUT2D eigenvalue weighted by atomic mass is 32.2. The molecule has 0 atom stereocenters. The summed E-state index contributed by atoms with van der Waals surface area (Å²) in [6.07, 6.45) is 2.56. The molecule has 0 saturated heterocycles. The molecule has 0 unspecified atom stereocenters. The molecule has 26 heavy (non-hydrogen) atoms. The van der Waals surface area contributed by atoms with Crippen molar-refractivity contribution < 1.29 is 13.5 Å². The summed E-state index contributed by atoms with van der Waals surface area (Å²) < 4.78 is 24.7. The molecule has 6 nitrogen and oxygen atoms in total. The second-order valence-corrected chi connectivity index (χ2v) is 7.73. The summed E-state index contributed by atoms with van der Waals surface area (Å²) in [5, 5.41) is 18.9. The van der Waals surface area contributed by atoms with Gasteiger partial charge in [0, 0.05) is 30.5 Å². The molecule has 7 heteroatoms. The predicted octanol–water partition coefficient (Wildman–Crippen LogP) is 2.56. The van der Waals surface area contributed by atoms with Crippen LogP contribution < -0.4 is 5.14 Å². The zero-order valence-electron chi connectivity index (χ0n) is 14.5. The first-order chi connectivity index (χ1) is 12.4. The molecule has 3 rings (SSSR count). The van der Waals surface area contributed by atoms with Crippen molar-refractivity contribution in [2.45, 2.75) is 24.8 Å². The van der Waals surface area contributed by atoms with Crippen molar-refractivity contribution in [2.75, 3.05) is 6.61 Å². The third-order valence-corrected chi connectivity index (χ3v) is 5.06. The molecule has 136 valence electrons. The van der Waals surface area contributed by atoms with E-state index in [1.165, 1.54) is 17.7 Å². The maximum Gasteiger partial charge on any atom is 0.238 e. The van der Waals surface area contributed by atoms with Crippen LogP contribution >= 0.6 is 0 Å². The molecule has 1 heterocycles. The summed E-state index contributed by atoms with van der Waals surface area (Å²) in [6, 6.07) is 14.5. The van der Waals surface area contributed by atoms with E-state index in [4.69, 9.17) is 10.2 Å². The molecule has 2 aromatic carbocycles. The third-order valence-electron chi connectivity index (χ3n) is 4.13. The minimum Gasteiger partial charge on any atom is -0.396 e. The molecular formula is C19H21N3O3S. The van der Waals surface area contributed by atoms with Crippen LogP contribution in [0.5, 0.6) is 0 Å². The minimum atomic E-state index is -3.73. The van der Waals surface area contributed by atoms with Crippen molar-refractivity contribution in [1.82, 2.24) is 9.78 Å². The highest BCUT2D eigenvalue weighted by molar-refractivity contribution is 7.89. The van der Waals surface area contributed by atoms with Crippen molar-refractivity contribution in [3.05, 3.63) is 60.3 Å². The molecule has 0 amide bonds. The number of hydrogen-bond donors (Lipinski definition) is 2. The summed E-state index contributed by atoms with van der Waals surface area (Å²) in [5.74, 6) is 0. The smallest absolute Gasteiger partial charge is 0.238 e. The average Bonchev–Trinajstić information content (AvgIpc) is 3.04. The van der Waals surface area contributed by atoms with E-state index >= 15 is 0 Å². The van der Waals surface area contributed by atoms with E-state index in [2.05, 4.69) is 5.10 Å². The van der Waals surface area contributed by atoms with Crippen LogP contribution in [0.2, 0.25) is 0 Å². The molecule has 0 aliphatic heterocycles. The van der Waals surface area contributed by atoms with Crippen molar-refractivity contribution >= 4 is 10.0 Å². The summed E-state index contributed by atoms with van der Waals surface area (Å²) in [7, 11) is -3.73. The Bertz CT molecular complexity index is 992. The van der Waals surface area contributed by atoms with Crippen LogP contribution in [0.1, 0.15) is 12.0 Å².